The van der Waals surface area contributed by atoms with Crippen molar-refractivity contribution in [2.24, 2.45) is 5.92 Å². The van der Waals surface area contributed by atoms with Crippen LogP contribution in [0.1, 0.15) is 36.3 Å². The van der Waals surface area contributed by atoms with Crippen molar-refractivity contribution in [1.29, 1.82) is 0 Å². The van der Waals surface area contributed by atoms with Crippen molar-refractivity contribution in [3.8, 4) is 0 Å². The van der Waals surface area contributed by atoms with Gasteiger partial charge in [-0.05, 0) is 31.4 Å². The van der Waals surface area contributed by atoms with Crippen LogP contribution in [0.3, 0.4) is 0 Å². The van der Waals surface area contributed by atoms with Crippen LogP contribution in [0.2, 0.25) is 0 Å². The molecule has 0 fully saturated rings. The number of hydrogen-bond acceptors (Lipinski definition) is 3. The van der Waals surface area contributed by atoms with Crippen LogP contribution in [0.5, 0.6) is 0 Å². The summed E-state index contributed by atoms with van der Waals surface area (Å²) in [6.07, 6.45) is 2.00. The van der Waals surface area contributed by atoms with Crippen molar-refractivity contribution in [1.82, 2.24) is 10.3 Å². The number of nitrogens with one attached hydrogen (secondary N) is 1. The number of amides is 1. The molecule has 0 aliphatic rings. The van der Waals surface area contributed by atoms with Gasteiger partial charge in [-0.3, -0.25) is 9.78 Å². The van der Waals surface area contributed by atoms with E-state index in [-0.39, 0.29) is 5.92 Å². The van der Waals surface area contributed by atoms with E-state index in [0.717, 1.165) is 0 Å². The zero-order valence-corrected chi connectivity index (χ0v) is 10.8. The Bertz CT molecular complexity index is 444. The lowest BCUT2D eigenvalue weighted by Crippen LogP contribution is -2.41. The van der Waals surface area contributed by atoms with E-state index >= 15 is 0 Å². The molecule has 18 heavy (non-hydrogen) atoms. The third kappa shape index (κ3) is 3.84. The van der Waals surface area contributed by atoms with Gasteiger partial charge in [-0.25, -0.2) is 4.79 Å². The van der Waals surface area contributed by atoms with Gasteiger partial charge in [0.1, 0.15) is 6.04 Å². The second kappa shape index (κ2) is 6.14. The summed E-state index contributed by atoms with van der Waals surface area (Å²) >= 11 is 0. The Balaban J connectivity index is 2.79. The molecule has 0 saturated carbocycles. The van der Waals surface area contributed by atoms with E-state index in [0.29, 0.717) is 17.7 Å². The molecule has 1 amide bonds. The summed E-state index contributed by atoms with van der Waals surface area (Å²) in [5.41, 5.74) is 0.996. The Morgan fingerprint density at radius 2 is 2.11 bits per heavy atom. The Morgan fingerprint density at radius 3 is 2.61 bits per heavy atom. The van der Waals surface area contributed by atoms with Crippen LogP contribution in [0.15, 0.2) is 18.3 Å². The number of aromatic nitrogens is 1. The molecule has 2 N–H and O–H groups in total. The highest BCUT2D eigenvalue weighted by atomic mass is 16.4. The first-order chi connectivity index (χ1) is 8.41. The lowest BCUT2D eigenvalue weighted by atomic mass is 10.0. The van der Waals surface area contributed by atoms with Gasteiger partial charge in [0, 0.05) is 11.9 Å². The largest absolute Gasteiger partial charge is 0.480 e. The van der Waals surface area contributed by atoms with E-state index < -0.39 is 17.9 Å². The maximum Gasteiger partial charge on any atom is 0.326 e. The van der Waals surface area contributed by atoms with E-state index in [4.69, 9.17) is 5.11 Å². The van der Waals surface area contributed by atoms with Gasteiger partial charge in [0.05, 0.1) is 5.56 Å². The van der Waals surface area contributed by atoms with Crippen molar-refractivity contribution < 1.29 is 14.7 Å². The first kappa shape index (κ1) is 14.2. The number of hydrogen-bond donors (Lipinski definition) is 2. The minimum Gasteiger partial charge on any atom is -0.480 e. The molecule has 1 aromatic rings. The molecular weight excluding hydrogens is 232 g/mol. The number of pyridine rings is 1. The molecule has 0 aliphatic heterocycles. The standard InChI is InChI=1S/C13H18N2O3/c1-8(2)7-11(13(17)18)15-12(16)10-5-4-6-14-9(10)3/h4-6,8,11H,7H2,1-3H3,(H,15,16)(H,17,18)/t11-/m1/s1. The summed E-state index contributed by atoms with van der Waals surface area (Å²) in [6, 6.07) is 2.42. The minimum atomic E-state index is -1.02. The van der Waals surface area contributed by atoms with Gasteiger partial charge in [-0.1, -0.05) is 13.8 Å². The zero-order valence-electron chi connectivity index (χ0n) is 10.8. The molecule has 0 spiro atoms. The summed E-state index contributed by atoms with van der Waals surface area (Å²) in [4.78, 5) is 27.0. The molecule has 0 aliphatic carbocycles. The van der Waals surface area contributed by atoms with Gasteiger partial charge >= 0.3 is 5.97 Å². The normalized spacial score (nSPS) is 12.2. The second-order valence-electron chi connectivity index (χ2n) is 4.63. The van der Waals surface area contributed by atoms with Crippen molar-refractivity contribution >= 4 is 11.9 Å². The smallest absolute Gasteiger partial charge is 0.326 e. The van der Waals surface area contributed by atoms with Crippen LogP contribution in [0, 0.1) is 12.8 Å². The lowest BCUT2D eigenvalue weighted by Gasteiger charge is -2.16. The first-order valence-electron chi connectivity index (χ1n) is 5.87. The van der Waals surface area contributed by atoms with Crippen molar-refractivity contribution in [3.05, 3.63) is 29.6 Å². The molecular formula is C13H18N2O3. The van der Waals surface area contributed by atoms with Gasteiger partial charge in [0.2, 0.25) is 0 Å². The fraction of sp³-hybridized carbons (Fsp3) is 0.462. The van der Waals surface area contributed by atoms with Gasteiger partial charge in [0.25, 0.3) is 5.91 Å². The number of nitrogens with zero attached hydrogens (tertiary/aromatic N) is 1. The highest BCUT2D eigenvalue weighted by Gasteiger charge is 2.22. The number of carboxylic acids is 1. The number of rotatable bonds is 5. The van der Waals surface area contributed by atoms with Gasteiger partial charge < -0.3 is 10.4 Å². The van der Waals surface area contributed by atoms with Crippen LogP contribution in [0.25, 0.3) is 0 Å². The fourth-order valence-electron chi connectivity index (χ4n) is 1.65. The van der Waals surface area contributed by atoms with E-state index in [2.05, 4.69) is 10.3 Å². The van der Waals surface area contributed by atoms with E-state index in [9.17, 15) is 9.59 Å². The third-order valence-electron chi connectivity index (χ3n) is 2.56. The Hall–Kier alpha value is -1.91. The summed E-state index contributed by atoms with van der Waals surface area (Å²) in [5.74, 6) is -1.21. The summed E-state index contributed by atoms with van der Waals surface area (Å²) < 4.78 is 0. The quantitative estimate of drug-likeness (QED) is 0.832. The van der Waals surface area contributed by atoms with Gasteiger partial charge in [0.15, 0.2) is 0 Å². The van der Waals surface area contributed by atoms with E-state index in [1.807, 2.05) is 13.8 Å². The monoisotopic (exact) mass is 250 g/mol. The molecule has 1 aromatic heterocycles. The number of aryl methyl sites for hydroxylation is 1. The molecule has 5 nitrogen and oxygen atoms in total. The predicted molar refractivity (Wildman–Crippen MR) is 67.3 cm³/mol. The summed E-state index contributed by atoms with van der Waals surface area (Å²) in [6.45, 7) is 5.54. The molecule has 0 bridgehead atoms. The van der Waals surface area contributed by atoms with Crippen molar-refractivity contribution in [2.75, 3.05) is 0 Å². The zero-order chi connectivity index (χ0) is 13.7. The number of aliphatic carboxylic acids is 1. The van der Waals surface area contributed by atoms with Gasteiger partial charge in [-0.15, -0.1) is 0 Å². The highest BCUT2D eigenvalue weighted by Crippen LogP contribution is 2.08. The SMILES string of the molecule is Cc1ncccc1C(=O)N[C@H](CC(C)C)C(=O)O. The van der Waals surface area contributed by atoms with E-state index in [1.165, 1.54) is 0 Å². The molecule has 98 valence electrons. The van der Waals surface area contributed by atoms with Crippen molar-refractivity contribution in [3.63, 3.8) is 0 Å². The first-order valence-corrected chi connectivity index (χ1v) is 5.87. The number of carboxylic acid groups (broad SMARTS) is 1. The summed E-state index contributed by atoms with van der Waals surface area (Å²) in [7, 11) is 0. The molecule has 0 aromatic carbocycles. The maximum absolute atomic E-state index is 11.9. The van der Waals surface area contributed by atoms with Crippen LogP contribution in [-0.4, -0.2) is 28.0 Å². The minimum absolute atomic E-state index is 0.196. The molecule has 0 saturated heterocycles. The van der Waals surface area contributed by atoms with Crippen LogP contribution in [-0.2, 0) is 4.79 Å². The average Bonchev–Trinajstić information content (AvgIpc) is 2.27. The van der Waals surface area contributed by atoms with Crippen LogP contribution < -0.4 is 5.32 Å². The van der Waals surface area contributed by atoms with Crippen molar-refractivity contribution in [2.45, 2.75) is 33.2 Å². The fourth-order valence-corrected chi connectivity index (χ4v) is 1.65. The molecule has 0 unspecified atom stereocenters. The topological polar surface area (TPSA) is 79.3 Å². The van der Waals surface area contributed by atoms with E-state index in [1.54, 1.807) is 25.3 Å². The predicted octanol–water partition coefficient (Wildman–Crippen LogP) is 1.62. The molecule has 1 atom stereocenters. The molecule has 1 heterocycles. The Kier molecular flexibility index (Phi) is 4.83. The maximum atomic E-state index is 11.9. The Morgan fingerprint density at radius 1 is 1.44 bits per heavy atom. The van der Waals surface area contributed by atoms with Gasteiger partial charge in [-0.2, -0.15) is 0 Å². The van der Waals surface area contributed by atoms with Crippen LogP contribution >= 0.6 is 0 Å². The molecule has 0 radical (unpaired) electrons. The molecule has 1 rings (SSSR count). The Labute approximate surface area is 106 Å². The highest BCUT2D eigenvalue weighted by molar-refractivity contribution is 5.97. The molecule has 5 heteroatoms. The van der Waals surface area contributed by atoms with Crippen LogP contribution in [0.4, 0.5) is 0 Å². The third-order valence-corrected chi connectivity index (χ3v) is 2.56. The lowest BCUT2D eigenvalue weighted by molar-refractivity contribution is -0.139. The second-order valence-corrected chi connectivity index (χ2v) is 4.63. The summed E-state index contributed by atoms with van der Waals surface area (Å²) in [5, 5.41) is 11.6. The number of carbonyl (C=O) groups is 2. The average molecular weight is 250 g/mol. The number of carbonyl (C=O) groups excluding carboxylic acids is 1.